The zero-order chi connectivity index (χ0) is 15.3. The molecule has 0 bridgehead atoms. The molecule has 0 aliphatic heterocycles. The Bertz CT molecular complexity index is 385. The highest BCUT2D eigenvalue weighted by Crippen LogP contribution is 2.14. The summed E-state index contributed by atoms with van der Waals surface area (Å²) in [5.74, 6) is 2.65. The molecule has 0 radical (unpaired) electrons. The van der Waals surface area contributed by atoms with Gasteiger partial charge in [-0.15, -0.1) is 12.3 Å². The number of hydrogen-bond acceptors (Lipinski definition) is 1. The molecule has 0 spiro atoms. The van der Waals surface area contributed by atoms with Gasteiger partial charge in [-0.25, -0.2) is 0 Å². The largest absolute Gasteiger partial charge is 0.294 e. The van der Waals surface area contributed by atoms with Gasteiger partial charge in [-0.05, 0) is 25.8 Å². The first-order valence-electron chi connectivity index (χ1n) is 6.97. The molecule has 0 amide bonds. The maximum absolute atomic E-state index is 11.8. The molecule has 19 heavy (non-hydrogen) atoms. The molecule has 106 valence electrons. The van der Waals surface area contributed by atoms with Crippen LogP contribution in [-0.4, -0.2) is 5.78 Å². The fourth-order valence-corrected chi connectivity index (χ4v) is 1.30. The van der Waals surface area contributed by atoms with E-state index >= 15 is 0 Å². The summed E-state index contributed by atoms with van der Waals surface area (Å²) in [7, 11) is 0. The number of ketones is 1. The second kappa shape index (κ2) is 12.9. The van der Waals surface area contributed by atoms with Crippen LogP contribution in [-0.2, 0) is 0 Å². The molecule has 0 unspecified atom stereocenters. The molecule has 1 aromatic carbocycles. The van der Waals surface area contributed by atoms with Crippen molar-refractivity contribution in [3.8, 4) is 12.3 Å². The van der Waals surface area contributed by atoms with Gasteiger partial charge in [0.25, 0.3) is 0 Å². The average Bonchev–Trinajstić information content (AvgIpc) is 2.39. The van der Waals surface area contributed by atoms with E-state index in [9.17, 15) is 4.79 Å². The van der Waals surface area contributed by atoms with Gasteiger partial charge < -0.3 is 0 Å². The van der Waals surface area contributed by atoms with Crippen LogP contribution in [0.1, 0.15) is 63.4 Å². The van der Waals surface area contributed by atoms with Crippen molar-refractivity contribution >= 4 is 5.78 Å². The van der Waals surface area contributed by atoms with E-state index in [0.717, 1.165) is 17.5 Å². The summed E-state index contributed by atoms with van der Waals surface area (Å²) < 4.78 is 0. The summed E-state index contributed by atoms with van der Waals surface area (Å²) in [5.41, 5.74) is 1.95. The molecule has 1 atom stereocenters. The van der Waals surface area contributed by atoms with Gasteiger partial charge in [0.1, 0.15) is 0 Å². The number of Topliss-reactive ketones (excluding diaryl/α,β-unsaturated/α-hetero) is 1. The lowest BCUT2D eigenvalue weighted by molar-refractivity contribution is 0.0926. The van der Waals surface area contributed by atoms with E-state index in [1.54, 1.807) is 6.92 Å². The number of carbonyl (C=O) groups is 1. The number of benzene rings is 1. The highest BCUT2D eigenvalue weighted by Gasteiger charge is 2.14. The smallest absolute Gasteiger partial charge is 0.165 e. The van der Waals surface area contributed by atoms with Crippen molar-refractivity contribution in [2.24, 2.45) is 5.92 Å². The molecule has 0 fully saturated rings. The minimum Gasteiger partial charge on any atom is -0.294 e. The summed E-state index contributed by atoms with van der Waals surface area (Å²) >= 11 is 0. The third kappa shape index (κ3) is 9.08. The van der Waals surface area contributed by atoms with Gasteiger partial charge in [0.05, 0.1) is 0 Å². The van der Waals surface area contributed by atoms with Crippen molar-refractivity contribution < 1.29 is 4.79 Å². The molecule has 0 N–H and O–H groups in total. The third-order valence-electron chi connectivity index (χ3n) is 2.47. The van der Waals surface area contributed by atoms with Crippen LogP contribution in [0.2, 0.25) is 0 Å². The van der Waals surface area contributed by atoms with E-state index in [1.807, 2.05) is 45.0 Å². The lowest BCUT2D eigenvalue weighted by Crippen LogP contribution is -2.11. The Morgan fingerprint density at radius 1 is 1.26 bits per heavy atom. The number of hydrogen-bond donors (Lipinski definition) is 0. The fraction of sp³-hybridized carbons (Fsp3) is 0.500. The number of rotatable bonds is 3. The van der Waals surface area contributed by atoms with E-state index < -0.39 is 0 Å². The summed E-state index contributed by atoms with van der Waals surface area (Å²) in [6.45, 7) is 11.9. The van der Waals surface area contributed by atoms with Crippen molar-refractivity contribution in [2.75, 3.05) is 0 Å². The van der Waals surface area contributed by atoms with E-state index in [0.29, 0.717) is 0 Å². The first kappa shape index (κ1) is 19.8. The molecule has 0 aliphatic carbocycles. The predicted molar refractivity (Wildman–Crippen MR) is 85.4 cm³/mol. The van der Waals surface area contributed by atoms with Gasteiger partial charge in [-0.3, -0.25) is 4.79 Å². The van der Waals surface area contributed by atoms with Gasteiger partial charge in [-0.2, -0.15) is 0 Å². The molecule has 1 nitrogen and oxygen atoms in total. The second-order valence-corrected chi connectivity index (χ2v) is 4.48. The maximum Gasteiger partial charge on any atom is 0.165 e. The summed E-state index contributed by atoms with van der Waals surface area (Å²) in [6, 6.07) is 7.77. The molecule has 0 aromatic heterocycles. The SMILES string of the molecule is C#CC.CCC.CC[C@@H](C)C(=O)c1ccccc1C. The highest BCUT2D eigenvalue weighted by atomic mass is 16.1. The fourth-order valence-electron chi connectivity index (χ4n) is 1.30. The predicted octanol–water partition coefficient (Wildman–Crippen LogP) is 5.28. The Morgan fingerprint density at radius 3 is 2.05 bits per heavy atom. The molecular weight excluding hydrogens is 232 g/mol. The van der Waals surface area contributed by atoms with Crippen LogP contribution >= 0.6 is 0 Å². The first-order valence-corrected chi connectivity index (χ1v) is 6.97. The minimum atomic E-state index is 0.140. The number of carbonyl (C=O) groups excluding carboxylic acids is 1. The van der Waals surface area contributed by atoms with Crippen LogP contribution in [0.5, 0.6) is 0 Å². The Labute approximate surface area is 119 Å². The Kier molecular flexibility index (Phi) is 13.4. The Hall–Kier alpha value is -1.55. The summed E-state index contributed by atoms with van der Waals surface area (Å²) in [4.78, 5) is 11.8. The molecule has 1 rings (SSSR count). The monoisotopic (exact) mass is 260 g/mol. The van der Waals surface area contributed by atoms with E-state index in [4.69, 9.17) is 0 Å². The van der Waals surface area contributed by atoms with Crippen molar-refractivity contribution in [3.63, 3.8) is 0 Å². The molecule has 1 aromatic rings. The quantitative estimate of drug-likeness (QED) is 0.534. The molecular formula is C18H28O. The number of aryl methyl sites for hydroxylation is 1. The van der Waals surface area contributed by atoms with Crippen LogP contribution in [0.3, 0.4) is 0 Å². The zero-order valence-electron chi connectivity index (χ0n) is 13.3. The topological polar surface area (TPSA) is 17.1 Å². The van der Waals surface area contributed by atoms with E-state index in [1.165, 1.54) is 6.42 Å². The van der Waals surface area contributed by atoms with E-state index in [2.05, 4.69) is 26.2 Å². The van der Waals surface area contributed by atoms with Crippen molar-refractivity contribution in [1.82, 2.24) is 0 Å². The van der Waals surface area contributed by atoms with Crippen molar-refractivity contribution in [3.05, 3.63) is 35.4 Å². The van der Waals surface area contributed by atoms with Crippen molar-refractivity contribution in [1.29, 1.82) is 0 Å². The molecule has 0 aliphatic rings. The van der Waals surface area contributed by atoms with E-state index in [-0.39, 0.29) is 11.7 Å². The van der Waals surface area contributed by atoms with Gasteiger partial charge in [0.2, 0.25) is 0 Å². The summed E-state index contributed by atoms with van der Waals surface area (Å²) in [6.07, 6.45) is 6.76. The highest BCUT2D eigenvalue weighted by molar-refractivity contribution is 5.98. The lowest BCUT2D eigenvalue weighted by Gasteiger charge is -2.09. The van der Waals surface area contributed by atoms with Gasteiger partial charge in [0, 0.05) is 11.5 Å². The maximum atomic E-state index is 11.8. The first-order chi connectivity index (χ1) is 8.99. The standard InChI is InChI=1S/C12H16O.C3H8.C3H4/c1-4-9(2)12(13)11-8-6-5-7-10(11)3;2*1-3-2/h5-9H,4H2,1-3H3;3H2,1-2H3;1H,2H3/t9-;;/m1../s1. The normalized spacial score (nSPS) is 9.95. The zero-order valence-corrected chi connectivity index (χ0v) is 13.3. The van der Waals surface area contributed by atoms with Crippen LogP contribution in [0.4, 0.5) is 0 Å². The Balaban J connectivity index is 0. The number of terminal acetylenes is 1. The lowest BCUT2D eigenvalue weighted by atomic mass is 9.94. The molecule has 1 heteroatoms. The van der Waals surface area contributed by atoms with Gasteiger partial charge in [-0.1, -0.05) is 58.4 Å². The second-order valence-electron chi connectivity index (χ2n) is 4.48. The van der Waals surface area contributed by atoms with Crippen LogP contribution in [0.15, 0.2) is 24.3 Å². The summed E-state index contributed by atoms with van der Waals surface area (Å²) in [5, 5.41) is 0. The minimum absolute atomic E-state index is 0.140. The molecule has 0 saturated heterocycles. The Morgan fingerprint density at radius 2 is 1.68 bits per heavy atom. The average molecular weight is 260 g/mol. The van der Waals surface area contributed by atoms with Crippen LogP contribution in [0, 0.1) is 25.2 Å². The van der Waals surface area contributed by atoms with Gasteiger partial charge >= 0.3 is 0 Å². The molecule has 0 heterocycles. The van der Waals surface area contributed by atoms with Crippen LogP contribution in [0.25, 0.3) is 0 Å². The van der Waals surface area contributed by atoms with Gasteiger partial charge in [0.15, 0.2) is 5.78 Å². The van der Waals surface area contributed by atoms with Crippen molar-refractivity contribution in [2.45, 2.75) is 54.4 Å². The van der Waals surface area contributed by atoms with Crippen LogP contribution < -0.4 is 0 Å². The molecule has 0 saturated carbocycles. The third-order valence-corrected chi connectivity index (χ3v) is 2.47.